The number of nitrogens with one attached hydrogen (secondary N) is 1. The van der Waals surface area contributed by atoms with E-state index >= 15 is 0 Å². The molecule has 0 saturated heterocycles. The van der Waals surface area contributed by atoms with Gasteiger partial charge in [0.05, 0.1) is 13.2 Å². The molecule has 422 valence electrons. The van der Waals surface area contributed by atoms with Gasteiger partial charge < -0.3 is 24.6 Å². The standard InChI is InChI=1S/C63H125N3O5/c1-7-12-17-22-25-26-29-40-51-64-61(67)48-37-30-41-52-65(6)55-56-66(53-42-31-38-49-62(68)70-57-59(44-33-20-15-10-4)46-35-27-23-18-13-8-2)54-43-32-39-50-63(69)71-58-60(45-34-21-16-11-5)47-36-28-24-19-14-9-3/h59-60H,7-58H2,1-6H3,(H,64,67). The number of likely N-dealkylation sites (N-methyl/N-ethyl adjacent to an activating group) is 1. The molecule has 0 heterocycles. The Morgan fingerprint density at radius 3 is 1.08 bits per heavy atom. The molecule has 8 nitrogen and oxygen atoms in total. The summed E-state index contributed by atoms with van der Waals surface area (Å²) in [6.07, 6.45) is 51.9. The molecule has 2 atom stereocenters. The molecule has 71 heavy (non-hydrogen) atoms. The fourth-order valence-corrected chi connectivity index (χ4v) is 10.1. The van der Waals surface area contributed by atoms with Crippen LogP contribution in [0.3, 0.4) is 0 Å². The van der Waals surface area contributed by atoms with Gasteiger partial charge in [0.15, 0.2) is 0 Å². The van der Waals surface area contributed by atoms with Gasteiger partial charge in [0.2, 0.25) is 5.91 Å². The van der Waals surface area contributed by atoms with Crippen LogP contribution in [-0.2, 0) is 23.9 Å². The molecule has 1 amide bonds. The molecule has 0 aliphatic carbocycles. The van der Waals surface area contributed by atoms with Crippen LogP contribution < -0.4 is 5.32 Å². The number of hydrogen-bond acceptors (Lipinski definition) is 7. The van der Waals surface area contributed by atoms with Crippen molar-refractivity contribution in [2.75, 3.05) is 59.5 Å². The summed E-state index contributed by atoms with van der Waals surface area (Å²) in [7, 11) is 2.23. The highest BCUT2D eigenvalue weighted by atomic mass is 16.5. The van der Waals surface area contributed by atoms with E-state index in [2.05, 4.69) is 56.8 Å². The van der Waals surface area contributed by atoms with E-state index in [1.807, 2.05) is 0 Å². The second-order valence-electron chi connectivity index (χ2n) is 22.3. The van der Waals surface area contributed by atoms with E-state index < -0.39 is 0 Å². The quantitative estimate of drug-likeness (QED) is 0.0480. The number of unbranched alkanes of at least 4 members (excludes halogenated alkanes) is 29. The Bertz CT molecular complexity index is 1060. The first-order chi connectivity index (χ1) is 34.8. The highest BCUT2D eigenvalue weighted by Gasteiger charge is 2.15. The van der Waals surface area contributed by atoms with Crippen molar-refractivity contribution in [1.29, 1.82) is 0 Å². The van der Waals surface area contributed by atoms with Gasteiger partial charge in [-0.25, -0.2) is 0 Å². The molecule has 2 unspecified atom stereocenters. The van der Waals surface area contributed by atoms with Crippen molar-refractivity contribution in [3.8, 4) is 0 Å². The van der Waals surface area contributed by atoms with Crippen LogP contribution in [-0.4, -0.2) is 87.2 Å². The van der Waals surface area contributed by atoms with Crippen molar-refractivity contribution >= 4 is 17.8 Å². The zero-order valence-electron chi connectivity index (χ0n) is 48.9. The summed E-state index contributed by atoms with van der Waals surface area (Å²) >= 11 is 0. The zero-order valence-corrected chi connectivity index (χ0v) is 48.9. The van der Waals surface area contributed by atoms with Crippen molar-refractivity contribution in [3.63, 3.8) is 0 Å². The van der Waals surface area contributed by atoms with E-state index in [1.165, 1.54) is 199 Å². The van der Waals surface area contributed by atoms with Gasteiger partial charge >= 0.3 is 11.9 Å². The maximum Gasteiger partial charge on any atom is 0.305 e. The number of rotatable bonds is 58. The number of hydrogen-bond donors (Lipinski definition) is 1. The molecule has 0 aliphatic rings. The lowest BCUT2D eigenvalue weighted by atomic mass is 9.95. The van der Waals surface area contributed by atoms with Crippen LogP contribution in [0.1, 0.15) is 317 Å². The fraction of sp³-hybridized carbons (Fsp3) is 0.952. The van der Waals surface area contributed by atoms with Gasteiger partial charge in [-0.15, -0.1) is 0 Å². The van der Waals surface area contributed by atoms with E-state index in [-0.39, 0.29) is 17.8 Å². The largest absolute Gasteiger partial charge is 0.465 e. The minimum Gasteiger partial charge on any atom is -0.465 e. The maximum absolute atomic E-state index is 12.9. The van der Waals surface area contributed by atoms with Crippen molar-refractivity contribution in [2.45, 2.75) is 317 Å². The Labute approximate surface area is 443 Å². The summed E-state index contributed by atoms with van der Waals surface area (Å²) in [6.45, 7) is 18.6. The molecule has 0 fully saturated rings. The second kappa shape index (κ2) is 56.1. The number of ether oxygens (including phenoxy) is 2. The minimum absolute atomic E-state index is 0.0109. The molecule has 0 aromatic rings. The van der Waals surface area contributed by atoms with Crippen molar-refractivity contribution < 1.29 is 23.9 Å². The Balaban J connectivity index is 4.88. The summed E-state index contributed by atoms with van der Waals surface area (Å²) in [4.78, 5) is 43.3. The smallest absolute Gasteiger partial charge is 0.305 e. The summed E-state index contributed by atoms with van der Waals surface area (Å²) in [5.74, 6) is 1.22. The molecule has 8 heteroatoms. The van der Waals surface area contributed by atoms with Gasteiger partial charge in [-0.1, -0.05) is 227 Å². The second-order valence-corrected chi connectivity index (χ2v) is 22.3. The van der Waals surface area contributed by atoms with E-state index in [1.54, 1.807) is 0 Å². The molecule has 0 aliphatic heterocycles. The maximum atomic E-state index is 12.9. The first kappa shape index (κ1) is 69.3. The van der Waals surface area contributed by atoms with Gasteiger partial charge in [0.1, 0.15) is 0 Å². The minimum atomic E-state index is -0.0109. The lowest BCUT2D eigenvalue weighted by Crippen LogP contribution is -2.35. The van der Waals surface area contributed by atoms with Crippen LogP contribution in [0.4, 0.5) is 0 Å². The van der Waals surface area contributed by atoms with Crippen molar-refractivity contribution in [1.82, 2.24) is 15.1 Å². The predicted molar refractivity (Wildman–Crippen MR) is 307 cm³/mol. The Hall–Kier alpha value is -1.67. The van der Waals surface area contributed by atoms with Crippen LogP contribution in [0.15, 0.2) is 0 Å². The van der Waals surface area contributed by atoms with Crippen LogP contribution in [0, 0.1) is 11.8 Å². The Morgan fingerprint density at radius 2 is 0.676 bits per heavy atom. The number of amides is 1. The molecule has 1 N–H and O–H groups in total. The normalized spacial score (nSPS) is 12.5. The molecular formula is C63H125N3O5. The summed E-state index contributed by atoms with van der Waals surface area (Å²) < 4.78 is 11.8. The van der Waals surface area contributed by atoms with Crippen LogP contribution in [0.5, 0.6) is 0 Å². The average Bonchev–Trinajstić information content (AvgIpc) is 3.36. The van der Waals surface area contributed by atoms with Gasteiger partial charge in [-0.3, -0.25) is 14.4 Å². The monoisotopic (exact) mass is 1000 g/mol. The fourth-order valence-electron chi connectivity index (χ4n) is 10.1. The molecule has 0 radical (unpaired) electrons. The molecule has 0 saturated carbocycles. The molecule has 0 aromatic carbocycles. The lowest BCUT2D eigenvalue weighted by Gasteiger charge is -2.25. The van der Waals surface area contributed by atoms with Crippen LogP contribution in [0.25, 0.3) is 0 Å². The van der Waals surface area contributed by atoms with Crippen LogP contribution in [0.2, 0.25) is 0 Å². The molecule has 0 aromatic heterocycles. The first-order valence-corrected chi connectivity index (χ1v) is 31.8. The number of nitrogens with zero attached hydrogens (tertiary/aromatic N) is 2. The summed E-state index contributed by atoms with van der Waals surface area (Å²) in [5, 5.41) is 3.15. The van der Waals surface area contributed by atoms with E-state index in [4.69, 9.17) is 9.47 Å². The summed E-state index contributed by atoms with van der Waals surface area (Å²) in [6, 6.07) is 0. The van der Waals surface area contributed by atoms with Crippen molar-refractivity contribution in [2.24, 2.45) is 11.8 Å². The van der Waals surface area contributed by atoms with E-state index in [0.29, 0.717) is 44.3 Å². The highest BCUT2D eigenvalue weighted by molar-refractivity contribution is 5.75. The molecule has 0 spiro atoms. The zero-order chi connectivity index (χ0) is 51.9. The number of esters is 2. The molecule has 0 rings (SSSR count). The summed E-state index contributed by atoms with van der Waals surface area (Å²) in [5.41, 5.74) is 0. The van der Waals surface area contributed by atoms with Gasteiger partial charge in [0.25, 0.3) is 0 Å². The Morgan fingerprint density at radius 1 is 0.352 bits per heavy atom. The van der Waals surface area contributed by atoms with Crippen LogP contribution >= 0.6 is 0 Å². The topological polar surface area (TPSA) is 88.2 Å². The third-order valence-corrected chi connectivity index (χ3v) is 15.1. The van der Waals surface area contributed by atoms with Gasteiger partial charge in [-0.2, -0.15) is 0 Å². The number of carbonyl (C=O) groups is 3. The number of carbonyl (C=O) groups excluding carboxylic acids is 3. The van der Waals surface area contributed by atoms with Crippen molar-refractivity contribution in [3.05, 3.63) is 0 Å². The SMILES string of the molecule is CCCCCCCCCCNC(=O)CCCCCN(C)CCN(CCCCCC(=O)OCC(CCCCCC)CCCCCCCC)CCCCCC(=O)OCC(CCCCCC)CCCCCCCC. The molecule has 0 bridgehead atoms. The molecular weight excluding hydrogens is 879 g/mol. The average molecular weight is 1000 g/mol. The third-order valence-electron chi connectivity index (χ3n) is 15.1. The third kappa shape index (κ3) is 51.6. The van der Waals surface area contributed by atoms with Gasteiger partial charge in [0, 0.05) is 38.9 Å². The lowest BCUT2D eigenvalue weighted by molar-refractivity contribution is -0.146. The van der Waals surface area contributed by atoms with E-state index in [9.17, 15) is 14.4 Å². The Kier molecular flexibility index (Phi) is 54.7. The highest BCUT2D eigenvalue weighted by Crippen LogP contribution is 2.22. The predicted octanol–water partition coefficient (Wildman–Crippen LogP) is 17.9. The van der Waals surface area contributed by atoms with E-state index in [0.717, 1.165) is 103 Å². The van der Waals surface area contributed by atoms with Gasteiger partial charge in [-0.05, 0) is 109 Å². The first-order valence-electron chi connectivity index (χ1n) is 31.8.